The van der Waals surface area contributed by atoms with Crippen LogP contribution in [-0.4, -0.2) is 46.9 Å². The number of esters is 1. The highest BCUT2D eigenvalue weighted by Gasteiger charge is 2.52. The van der Waals surface area contributed by atoms with Crippen molar-refractivity contribution in [3.8, 4) is 6.07 Å². The SMILES string of the molecule is C[C@@H](OC(=O)CN1C(=O)NC2(CCCC2)C1=O)C(=O)Nc1cccc(C#N)c1. The molecule has 4 amide bonds. The second-order valence-corrected chi connectivity index (χ2v) is 6.92. The van der Waals surface area contributed by atoms with Crippen molar-refractivity contribution in [2.24, 2.45) is 0 Å². The van der Waals surface area contributed by atoms with Crippen LogP contribution in [0.1, 0.15) is 38.2 Å². The largest absolute Gasteiger partial charge is 0.451 e. The van der Waals surface area contributed by atoms with Gasteiger partial charge in [0.05, 0.1) is 11.6 Å². The van der Waals surface area contributed by atoms with Crippen LogP contribution in [0.25, 0.3) is 0 Å². The van der Waals surface area contributed by atoms with Gasteiger partial charge in [-0.3, -0.25) is 19.3 Å². The predicted octanol–water partition coefficient (Wildman–Crippen LogP) is 1.29. The lowest BCUT2D eigenvalue weighted by Gasteiger charge is -2.20. The number of hydrogen-bond acceptors (Lipinski definition) is 6. The third kappa shape index (κ3) is 3.81. The van der Waals surface area contributed by atoms with Gasteiger partial charge in [-0.1, -0.05) is 18.9 Å². The summed E-state index contributed by atoms with van der Waals surface area (Å²) >= 11 is 0. The number of nitrogens with zero attached hydrogens (tertiary/aromatic N) is 2. The summed E-state index contributed by atoms with van der Waals surface area (Å²) < 4.78 is 5.06. The highest BCUT2D eigenvalue weighted by Crippen LogP contribution is 2.34. The van der Waals surface area contributed by atoms with Crippen LogP contribution < -0.4 is 10.6 Å². The third-order valence-electron chi connectivity index (χ3n) is 4.93. The van der Waals surface area contributed by atoms with E-state index in [-0.39, 0.29) is 0 Å². The molecule has 1 aromatic rings. The molecule has 28 heavy (non-hydrogen) atoms. The van der Waals surface area contributed by atoms with E-state index in [1.165, 1.54) is 13.0 Å². The molecule has 2 fully saturated rings. The zero-order valence-electron chi connectivity index (χ0n) is 15.4. The van der Waals surface area contributed by atoms with Crippen LogP contribution in [0.3, 0.4) is 0 Å². The number of nitrogens with one attached hydrogen (secondary N) is 2. The Morgan fingerprint density at radius 1 is 1.36 bits per heavy atom. The molecule has 9 heteroatoms. The van der Waals surface area contributed by atoms with Crippen LogP contribution in [0.2, 0.25) is 0 Å². The van der Waals surface area contributed by atoms with Crippen LogP contribution in [0.5, 0.6) is 0 Å². The molecule has 1 saturated carbocycles. The molecule has 9 nitrogen and oxygen atoms in total. The number of imide groups is 1. The van der Waals surface area contributed by atoms with E-state index in [0.717, 1.165) is 17.7 Å². The highest BCUT2D eigenvalue weighted by molar-refractivity contribution is 6.09. The van der Waals surface area contributed by atoms with Crippen molar-refractivity contribution in [1.82, 2.24) is 10.2 Å². The molecule has 1 aliphatic carbocycles. The van der Waals surface area contributed by atoms with Crippen molar-refractivity contribution < 1.29 is 23.9 Å². The Morgan fingerprint density at radius 2 is 2.07 bits per heavy atom. The quantitative estimate of drug-likeness (QED) is 0.581. The first-order chi connectivity index (χ1) is 13.3. The maximum atomic E-state index is 12.5. The zero-order valence-corrected chi connectivity index (χ0v) is 15.4. The first-order valence-corrected chi connectivity index (χ1v) is 8.99. The van der Waals surface area contributed by atoms with Gasteiger partial charge in [-0.05, 0) is 38.0 Å². The molecule has 3 rings (SSSR count). The number of ether oxygens (including phenoxy) is 1. The van der Waals surface area contributed by atoms with Gasteiger partial charge in [0.15, 0.2) is 6.10 Å². The summed E-state index contributed by atoms with van der Waals surface area (Å²) in [5.74, 6) is -1.86. The second kappa shape index (κ2) is 7.68. The van der Waals surface area contributed by atoms with Crippen molar-refractivity contribution in [1.29, 1.82) is 5.26 Å². The Labute approximate surface area is 161 Å². The van der Waals surface area contributed by atoms with E-state index in [1.54, 1.807) is 18.2 Å². The first-order valence-electron chi connectivity index (χ1n) is 8.99. The lowest BCUT2D eigenvalue weighted by Crippen LogP contribution is -2.44. The fourth-order valence-electron chi connectivity index (χ4n) is 3.46. The first kappa shape index (κ1) is 19.4. The Morgan fingerprint density at radius 3 is 2.75 bits per heavy atom. The smallest absolute Gasteiger partial charge is 0.327 e. The minimum atomic E-state index is -1.14. The van der Waals surface area contributed by atoms with E-state index in [9.17, 15) is 19.2 Å². The number of urea groups is 1. The van der Waals surface area contributed by atoms with Crippen molar-refractivity contribution in [2.75, 3.05) is 11.9 Å². The fourth-order valence-corrected chi connectivity index (χ4v) is 3.46. The fraction of sp³-hybridized carbons (Fsp3) is 0.421. The summed E-state index contributed by atoms with van der Waals surface area (Å²) in [7, 11) is 0. The Balaban J connectivity index is 1.55. The summed E-state index contributed by atoms with van der Waals surface area (Å²) in [6, 6.07) is 7.63. The normalized spacial score (nSPS) is 18.5. The van der Waals surface area contributed by atoms with Crippen molar-refractivity contribution in [2.45, 2.75) is 44.2 Å². The molecule has 0 unspecified atom stereocenters. The van der Waals surface area contributed by atoms with Gasteiger partial charge in [0.2, 0.25) is 0 Å². The van der Waals surface area contributed by atoms with Crippen LogP contribution in [-0.2, 0) is 19.1 Å². The molecule has 1 atom stereocenters. The lowest BCUT2D eigenvalue weighted by molar-refractivity contribution is -0.155. The summed E-state index contributed by atoms with van der Waals surface area (Å²) in [5, 5.41) is 14.1. The van der Waals surface area contributed by atoms with Gasteiger partial charge in [0.25, 0.3) is 11.8 Å². The second-order valence-electron chi connectivity index (χ2n) is 6.92. The molecule has 0 bridgehead atoms. The van der Waals surface area contributed by atoms with Crippen molar-refractivity contribution in [3.63, 3.8) is 0 Å². The third-order valence-corrected chi connectivity index (χ3v) is 4.93. The maximum Gasteiger partial charge on any atom is 0.327 e. The molecule has 0 radical (unpaired) electrons. The lowest BCUT2D eigenvalue weighted by atomic mass is 9.98. The molecule has 2 aliphatic rings. The number of nitriles is 1. The molecule has 0 aromatic heterocycles. The van der Waals surface area contributed by atoms with Gasteiger partial charge in [-0.25, -0.2) is 4.79 Å². The van der Waals surface area contributed by atoms with Crippen molar-refractivity contribution >= 4 is 29.5 Å². The molecule has 1 aliphatic heterocycles. The molecular weight excluding hydrogens is 364 g/mol. The Kier molecular flexibility index (Phi) is 5.31. The maximum absolute atomic E-state index is 12.5. The summed E-state index contributed by atoms with van der Waals surface area (Å²) in [5.41, 5.74) is -0.127. The standard InChI is InChI=1S/C19H20N4O5/c1-12(16(25)21-14-6-4-5-13(9-14)10-20)28-15(24)11-23-17(26)19(22-18(23)27)7-2-3-8-19/h4-6,9,12H,2-3,7-8,11H2,1H3,(H,21,25)(H,22,27)/t12-/m1/s1. The Hall–Kier alpha value is -3.41. The number of anilines is 1. The molecule has 1 saturated heterocycles. The van der Waals surface area contributed by atoms with E-state index in [4.69, 9.17) is 10.00 Å². The van der Waals surface area contributed by atoms with Crippen LogP contribution in [0.15, 0.2) is 24.3 Å². The monoisotopic (exact) mass is 384 g/mol. The van der Waals surface area contributed by atoms with Crippen LogP contribution in [0.4, 0.5) is 10.5 Å². The molecule has 146 valence electrons. The molecule has 1 heterocycles. The highest BCUT2D eigenvalue weighted by atomic mass is 16.5. The number of carbonyl (C=O) groups is 4. The number of benzene rings is 1. The van der Waals surface area contributed by atoms with Gasteiger partial charge in [0.1, 0.15) is 12.1 Å². The number of amides is 4. The van der Waals surface area contributed by atoms with Crippen molar-refractivity contribution in [3.05, 3.63) is 29.8 Å². The van der Waals surface area contributed by atoms with E-state index in [2.05, 4.69) is 10.6 Å². The predicted molar refractivity (Wildman–Crippen MR) is 96.8 cm³/mol. The summed E-state index contributed by atoms with van der Waals surface area (Å²) in [6.45, 7) is 0.833. The number of hydrogen-bond donors (Lipinski definition) is 2. The minimum absolute atomic E-state index is 0.377. The molecule has 1 aromatic carbocycles. The summed E-state index contributed by atoms with van der Waals surface area (Å²) in [6.07, 6.45) is 1.66. The van der Waals surface area contributed by atoms with E-state index in [1.807, 2.05) is 6.07 Å². The van der Waals surface area contributed by atoms with E-state index < -0.39 is 42.0 Å². The van der Waals surface area contributed by atoms with Gasteiger partial charge in [-0.15, -0.1) is 0 Å². The summed E-state index contributed by atoms with van der Waals surface area (Å²) in [4.78, 5) is 49.8. The topological polar surface area (TPSA) is 129 Å². The number of rotatable bonds is 5. The average molecular weight is 384 g/mol. The molecular formula is C19H20N4O5. The van der Waals surface area contributed by atoms with Gasteiger partial charge >= 0.3 is 12.0 Å². The molecule has 1 spiro atoms. The zero-order chi connectivity index (χ0) is 20.3. The number of carbonyl (C=O) groups excluding carboxylic acids is 4. The minimum Gasteiger partial charge on any atom is -0.451 e. The van der Waals surface area contributed by atoms with Crippen LogP contribution >= 0.6 is 0 Å². The van der Waals surface area contributed by atoms with Gasteiger partial charge in [-0.2, -0.15) is 5.26 Å². The van der Waals surface area contributed by atoms with Gasteiger partial charge < -0.3 is 15.4 Å². The Bertz CT molecular complexity index is 869. The van der Waals surface area contributed by atoms with Gasteiger partial charge in [0, 0.05) is 5.69 Å². The van der Waals surface area contributed by atoms with E-state index in [0.29, 0.717) is 24.1 Å². The molecule has 2 N–H and O–H groups in total. The van der Waals surface area contributed by atoms with E-state index >= 15 is 0 Å². The van der Waals surface area contributed by atoms with Crippen LogP contribution in [0, 0.1) is 11.3 Å². The average Bonchev–Trinajstić information content (AvgIpc) is 3.22.